The minimum Gasteiger partial charge on any atom is -0.497 e. The van der Waals surface area contributed by atoms with Crippen molar-refractivity contribution in [1.82, 2.24) is 10.2 Å². The van der Waals surface area contributed by atoms with E-state index in [1.165, 1.54) is 6.07 Å². The molecule has 0 amide bonds. The van der Waals surface area contributed by atoms with E-state index in [4.69, 9.17) is 4.74 Å². The number of piperazine rings is 1. The van der Waals surface area contributed by atoms with Gasteiger partial charge in [-0.25, -0.2) is 4.39 Å². The second kappa shape index (κ2) is 7.41. The summed E-state index contributed by atoms with van der Waals surface area (Å²) in [7, 11) is 1.61. The highest BCUT2D eigenvalue weighted by Crippen LogP contribution is 2.30. The highest BCUT2D eigenvalue weighted by atomic mass is 19.1. The Kier molecular flexibility index (Phi) is 5.56. The van der Waals surface area contributed by atoms with Crippen molar-refractivity contribution in [2.45, 2.75) is 18.9 Å². The predicted molar refractivity (Wildman–Crippen MR) is 79.6 cm³/mol. The van der Waals surface area contributed by atoms with Crippen molar-refractivity contribution in [2.24, 2.45) is 0 Å². The molecule has 1 heterocycles. The number of benzene rings is 1. The molecule has 20 heavy (non-hydrogen) atoms. The van der Waals surface area contributed by atoms with E-state index in [9.17, 15) is 4.39 Å². The van der Waals surface area contributed by atoms with Crippen LogP contribution in [0.2, 0.25) is 0 Å². The molecule has 0 radical (unpaired) electrons. The maximum atomic E-state index is 14.2. The first kappa shape index (κ1) is 15.0. The fourth-order valence-corrected chi connectivity index (χ4v) is 2.71. The van der Waals surface area contributed by atoms with Crippen LogP contribution in [0.1, 0.15) is 24.4 Å². The summed E-state index contributed by atoms with van der Waals surface area (Å²) in [5.74, 6) is 0.554. The molecule has 0 aliphatic carbocycles. The molecule has 1 aromatic carbocycles. The van der Waals surface area contributed by atoms with Gasteiger partial charge in [-0.3, -0.25) is 4.90 Å². The van der Waals surface area contributed by atoms with Crippen LogP contribution in [-0.2, 0) is 0 Å². The van der Waals surface area contributed by atoms with E-state index in [1.54, 1.807) is 13.2 Å². The number of halogens is 1. The molecule has 1 aliphatic rings. The summed E-state index contributed by atoms with van der Waals surface area (Å²) in [5.41, 5.74) is 0.730. The summed E-state index contributed by atoms with van der Waals surface area (Å²) < 4.78 is 19.4. The number of hydrogen-bond donors (Lipinski definition) is 1. The highest BCUT2D eigenvalue weighted by molar-refractivity contribution is 5.32. The molecule has 110 valence electrons. The number of hydrogen-bond acceptors (Lipinski definition) is 3. The van der Waals surface area contributed by atoms with Gasteiger partial charge in [-0.2, -0.15) is 0 Å². The molecule has 4 heteroatoms. The Morgan fingerprint density at radius 2 is 2.20 bits per heavy atom. The number of methoxy groups -OCH3 is 1. The number of nitrogens with zero attached hydrogens (tertiary/aromatic N) is 1. The zero-order valence-electron chi connectivity index (χ0n) is 12.1. The summed E-state index contributed by atoms with van der Waals surface area (Å²) >= 11 is 0. The number of nitrogens with one attached hydrogen (secondary N) is 1. The molecule has 1 saturated heterocycles. The quantitative estimate of drug-likeness (QED) is 0.810. The van der Waals surface area contributed by atoms with Gasteiger partial charge in [-0.15, -0.1) is 6.58 Å². The average Bonchev–Trinajstić information content (AvgIpc) is 2.50. The molecule has 0 saturated carbocycles. The van der Waals surface area contributed by atoms with E-state index < -0.39 is 0 Å². The van der Waals surface area contributed by atoms with Crippen LogP contribution in [0, 0.1) is 5.82 Å². The first-order valence-electron chi connectivity index (χ1n) is 7.15. The van der Waals surface area contributed by atoms with Gasteiger partial charge in [0.1, 0.15) is 11.6 Å². The number of allylic oxidation sites excluding steroid dienone is 1. The van der Waals surface area contributed by atoms with Gasteiger partial charge >= 0.3 is 0 Å². The zero-order valence-corrected chi connectivity index (χ0v) is 12.1. The standard InChI is InChI=1S/C16H23FN2O/c1-3-4-5-16(19-10-8-18-9-11-19)14-12-13(20-2)6-7-15(14)17/h3,6-7,12,16,18H,1,4-5,8-11H2,2H3/t16-/m1/s1. The van der Waals surface area contributed by atoms with Gasteiger partial charge in [-0.05, 0) is 31.0 Å². The number of ether oxygens (including phenoxy) is 1. The minimum absolute atomic E-state index is 0.0881. The van der Waals surface area contributed by atoms with Crippen LogP contribution in [0.15, 0.2) is 30.9 Å². The Hall–Kier alpha value is -1.39. The highest BCUT2D eigenvalue weighted by Gasteiger charge is 2.24. The van der Waals surface area contributed by atoms with Gasteiger partial charge in [0.15, 0.2) is 0 Å². The van der Waals surface area contributed by atoms with Crippen molar-refractivity contribution in [2.75, 3.05) is 33.3 Å². The van der Waals surface area contributed by atoms with E-state index >= 15 is 0 Å². The van der Waals surface area contributed by atoms with Crippen LogP contribution < -0.4 is 10.1 Å². The van der Waals surface area contributed by atoms with Crippen LogP contribution in [0.25, 0.3) is 0 Å². The van der Waals surface area contributed by atoms with Crippen molar-refractivity contribution < 1.29 is 9.13 Å². The first-order valence-corrected chi connectivity index (χ1v) is 7.15. The van der Waals surface area contributed by atoms with Crippen molar-refractivity contribution in [3.05, 3.63) is 42.2 Å². The summed E-state index contributed by atoms with van der Waals surface area (Å²) in [5, 5.41) is 3.33. The topological polar surface area (TPSA) is 24.5 Å². The Balaban J connectivity index is 2.26. The fourth-order valence-electron chi connectivity index (χ4n) is 2.71. The number of rotatable bonds is 6. The molecular weight excluding hydrogens is 255 g/mol. The predicted octanol–water partition coefficient (Wildman–Crippen LogP) is 2.75. The molecule has 1 fully saturated rings. The molecule has 0 aromatic heterocycles. The maximum absolute atomic E-state index is 14.2. The van der Waals surface area contributed by atoms with Crippen LogP contribution in [0.5, 0.6) is 5.75 Å². The van der Waals surface area contributed by atoms with Gasteiger partial charge in [0, 0.05) is 37.8 Å². The molecule has 1 N–H and O–H groups in total. The molecule has 3 nitrogen and oxygen atoms in total. The average molecular weight is 278 g/mol. The lowest BCUT2D eigenvalue weighted by atomic mass is 9.98. The lowest BCUT2D eigenvalue weighted by molar-refractivity contribution is 0.163. The monoisotopic (exact) mass is 278 g/mol. The lowest BCUT2D eigenvalue weighted by Crippen LogP contribution is -2.45. The van der Waals surface area contributed by atoms with Crippen molar-refractivity contribution in [3.8, 4) is 5.75 Å². The van der Waals surface area contributed by atoms with Gasteiger partial charge < -0.3 is 10.1 Å². The summed E-state index contributed by atoms with van der Waals surface area (Å²) in [6.45, 7) is 7.57. The molecule has 2 rings (SSSR count). The molecule has 0 unspecified atom stereocenters. The summed E-state index contributed by atoms with van der Waals surface area (Å²) in [4.78, 5) is 2.35. The fraction of sp³-hybridized carbons (Fsp3) is 0.500. The minimum atomic E-state index is -0.154. The third kappa shape index (κ3) is 3.58. The maximum Gasteiger partial charge on any atom is 0.128 e. The van der Waals surface area contributed by atoms with Gasteiger partial charge in [0.05, 0.1) is 7.11 Å². The molecule has 1 aromatic rings. The van der Waals surface area contributed by atoms with Gasteiger partial charge in [-0.1, -0.05) is 6.08 Å². The van der Waals surface area contributed by atoms with Gasteiger partial charge in [0.2, 0.25) is 0 Å². The Morgan fingerprint density at radius 1 is 1.45 bits per heavy atom. The van der Waals surface area contributed by atoms with E-state index in [0.29, 0.717) is 5.75 Å². The molecule has 0 bridgehead atoms. The van der Waals surface area contributed by atoms with E-state index in [-0.39, 0.29) is 11.9 Å². The van der Waals surface area contributed by atoms with Crippen LogP contribution >= 0.6 is 0 Å². The first-order chi connectivity index (χ1) is 9.76. The van der Waals surface area contributed by atoms with Crippen molar-refractivity contribution in [3.63, 3.8) is 0 Å². The van der Waals surface area contributed by atoms with E-state index in [0.717, 1.165) is 44.6 Å². The van der Waals surface area contributed by atoms with Crippen LogP contribution in [0.3, 0.4) is 0 Å². The Bertz CT molecular complexity index is 444. The third-order valence-corrected chi connectivity index (χ3v) is 3.80. The Labute approximate surface area is 120 Å². The molecule has 0 spiro atoms. The zero-order chi connectivity index (χ0) is 14.4. The summed E-state index contributed by atoms with van der Waals surface area (Å²) in [6, 6.07) is 5.08. The molecular formula is C16H23FN2O. The van der Waals surface area contributed by atoms with Crippen molar-refractivity contribution >= 4 is 0 Å². The lowest BCUT2D eigenvalue weighted by Gasteiger charge is -2.35. The van der Waals surface area contributed by atoms with Crippen LogP contribution in [0.4, 0.5) is 4.39 Å². The van der Waals surface area contributed by atoms with E-state index in [1.807, 2.05) is 12.1 Å². The Morgan fingerprint density at radius 3 is 2.85 bits per heavy atom. The van der Waals surface area contributed by atoms with Gasteiger partial charge in [0.25, 0.3) is 0 Å². The molecule has 1 atom stereocenters. The third-order valence-electron chi connectivity index (χ3n) is 3.80. The van der Waals surface area contributed by atoms with Crippen LogP contribution in [-0.4, -0.2) is 38.2 Å². The smallest absolute Gasteiger partial charge is 0.128 e. The normalized spacial score (nSPS) is 17.7. The largest absolute Gasteiger partial charge is 0.497 e. The second-order valence-electron chi connectivity index (χ2n) is 5.06. The second-order valence-corrected chi connectivity index (χ2v) is 5.06. The van der Waals surface area contributed by atoms with E-state index in [2.05, 4.69) is 16.8 Å². The summed E-state index contributed by atoms with van der Waals surface area (Å²) in [6.07, 6.45) is 3.66. The SMILES string of the molecule is C=CCC[C@H](c1cc(OC)ccc1F)N1CCNCC1. The van der Waals surface area contributed by atoms with Crippen molar-refractivity contribution in [1.29, 1.82) is 0 Å². The molecule has 1 aliphatic heterocycles.